The van der Waals surface area contributed by atoms with Crippen LogP contribution in [0.3, 0.4) is 0 Å². The zero-order valence-corrected chi connectivity index (χ0v) is 47.8. The molecule has 8 N–H and O–H groups in total. The third-order valence-corrected chi connectivity index (χ3v) is 14.5. The number of aromatic nitrogens is 6. The summed E-state index contributed by atoms with van der Waals surface area (Å²) in [5.74, 6) is 1.46. The van der Waals surface area contributed by atoms with E-state index in [1.54, 1.807) is 33.7 Å². The molecule has 0 amide bonds. The Bertz CT molecular complexity index is 4110. The number of anilines is 4. The molecule has 80 heavy (non-hydrogen) atoms. The first-order valence-corrected chi connectivity index (χ1v) is 28.2. The predicted octanol–water partition coefficient (Wildman–Crippen LogP) is 9.22. The summed E-state index contributed by atoms with van der Waals surface area (Å²) in [5, 5.41) is 27.6. The van der Waals surface area contributed by atoms with Gasteiger partial charge in [-0.1, -0.05) is 126 Å². The van der Waals surface area contributed by atoms with E-state index in [0.29, 0.717) is 36.9 Å². The quantitative estimate of drug-likeness (QED) is 0.0658. The van der Waals surface area contributed by atoms with Crippen LogP contribution in [0.5, 0.6) is 0 Å². The number of nitrogen functional groups attached to an aromatic ring is 2. The number of rotatable bonds is 11. The molecule has 0 saturated heterocycles. The lowest BCUT2D eigenvalue weighted by molar-refractivity contribution is 0.425. The van der Waals surface area contributed by atoms with Crippen molar-refractivity contribution in [1.82, 2.24) is 29.1 Å². The number of fused-ring (bicyclic) bond motifs is 2. The van der Waals surface area contributed by atoms with Gasteiger partial charge in [-0.3, -0.25) is 18.7 Å². The van der Waals surface area contributed by atoms with Gasteiger partial charge in [-0.2, -0.15) is 18.4 Å². The van der Waals surface area contributed by atoms with Crippen LogP contribution in [0, 0.1) is 6.92 Å². The minimum atomic E-state index is -3.21. The topological polar surface area (TPSA) is 280 Å². The minimum Gasteiger partial charge on any atom is -0.423 e. The van der Waals surface area contributed by atoms with E-state index in [1.807, 2.05) is 142 Å². The summed E-state index contributed by atoms with van der Waals surface area (Å²) in [4.78, 5) is 44.2. The predicted molar refractivity (Wildman–Crippen MR) is 322 cm³/mol. The van der Waals surface area contributed by atoms with Crippen molar-refractivity contribution in [2.24, 2.45) is 0 Å². The first kappa shape index (κ1) is 59.6. The molecule has 10 aromatic rings. The van der Waals surface area contributed by atoms with E-state index in [4.69, 9.17) is 53.1 Å². The number of pyridine rings is 2. The van der Waals surface area contributed by atoms with Crippen molar-refractivity contribution in [1.29, 1.82) is 0 Å². The first-order valence-electron chi connectivity index (χ1n) is 24.1. The SMILES string of the molecule is CS(=O)(=O)c1ccc(B(O)O)cc1.C[C@H](Nc1nc(N)ncc1Br)c1cc2cccc(Cl)c2c(=O)n1-c1ccccc1.Cc1ccc(-c2cnc(N)nc2N[C@@H](C)c2cc3cccc(Cl)c3c(=O)n2-c2ccccc2)cc1.O=S=O. The molecule has 0 spiro atoms. The molecule has 408 valence electrons. The summed E-state index contributed by atoms with van der Waals surface area (Å²) < 4.78 is 42.6. The molecule has 0 fully saturated rings. The van der Waals surface area contributed by atoms with Crippen LogP contribution in [0.15, 0.2) is 189 Å². The van der Waals surface area contributed by atoms with E-state index in [9.17, 15) is 18.0 Å². The zero-order valence-electron chi connectivity index (χ0n) is 43.0. The molecule has 0 radical (unpaired) electrons. The highest BCUT2D eigenvalue weighted by molar-refractivity contribution is 9.10. The van der Waals surface area contributed by atoms with Gasteiger partial charge in [0.1, 0.15) is 11.6 Å². The summed E-state index contributed by atoms with van der Waals surface area (Å²) in [6, 6.07) is 46.8. The van der Waals surface area contributed by atoms with Gasteiger partial charge in [0, 0.05) is 47.0 Å². The lowest BCUT2D eigenvalue weighted by Crippen LogP contribution is -2.29. The number of sulfone groups is 1. The van der Waals surface area contributed by atoms with Crippen molar-refractivity contribution in [2.75, 3.05) is 28.4 Å². The van der Waals surface area contributed by atoms with Crippen LogP contribution >= 0.6 is 39.1 Å². The Labute approximate surface area is 482 Å². The average Bonchev–Trinajstić information content (AvgIpc) is 3.57. The lowest BCUT2D eigenvalue weighted by Gasteiger charge is -2.22. The Kier molecular flexibility index (Phi) is 19.9. The summed E-state index contributed by atoms with van der Waals surface area (Å²) in [7, 11) is -4.77. The van der Waals surface area contributed by atoms with Gasteiger partial charge >= 0.3 is 18.7 Å². The van der Waals surface area contributed by atoms with Crippen LogP contribution in [0.2, 0.25) is 10.0 Å². The Morgan fingerprint density at radius 2 is 1.07 bits per heavy atom. The monoisotopic (exact) mass is 1210 g/mol. The van der Waals surface area contributed by atoms with Crippen molar-refractivity contribution < 1.29 is 26.9 Å². The Morgan fingerprint density at radius 3 is 1.52 bits per heavy atom. The van der Waals surface area contributed by atoms with Crippen LogP contribution < -0.4 is 38.7 Å². The fourth-order valence-electron chi connectivity index (χ4n) is 8.38. The van der Waals surface area contributed by atoms with E-state index < -0.39 is 28.5 Å². The molecule has 2 atom stereocenters. The number of hydrogen-bond donors (Lipinski definition) is 6. The van der Waals surface area contributed by atoms with Crippen molar-refractivity contribution >= 4 is 118 Å². The molecular formula is C56H50BBrCl2N10O8S2. The fourth-order valence-corrected chi connectivity index (χ4v) is 9.84. The third-order valence-electron chi connectivity index (χ3n) is 12.2. The number of aryl methyl sites for hydroxylation is 1. The first-order chi connectivity index (χ1) is 38.2. The molecule has 18 nitrogen and oxygen atoms in total. The molecule has 0 saturated carbocycles. The molecule has 0 bridgehead atoms. The lowest BCUT2D eigenvalue weighted by atomic mass is 9.81. The highest BCUT2D eigenvalue weighted by Gasteiger charge is 2.22. The maximum Gasteiger partial charge on any atom is 0.488 e. The van der Waals surface area contributed by atoms with E-state index >= 15 is 0 Å². The van der Waals surface area contributed by atoms with Gasteiger partial charge < -0.3 is 32.1 Å². The minimum absolute atomic E-state index is 0.161. The van der Waals surface area contributed by atoms with Gasteiger partial charge in [-0.05, 0) is 119 Å². The maximum atomic E-state index is 13.7. The number of nitrogens with one attached hydrogen (secondary N) is 2. The third kappa shape index (κ3) is 14.4. The van der Waals surface area contributed by atoms with Gasteiger partial charge in [-0.25, -0.2) is 18.4 Å². The molecule has 24 heteroatoms. The molecule has 0 aliphatic rings. The van der Waals surface area contributed by atoms with E-state index in [0.717, 1.165) is 56.5 Å². The Balaban J connectivity index is 0.000000184. The molecule has 0 aliphatic heterocycles. The second kappa shape index (κ2) is 26.7. The normalized spacial score (nSPS) is 11.6. The van der Waals surface area contributed by atoms with Crippen LogP contribution in [0.25, 0.3) is 44.0 Å². The van der Waals surface area contributed by atoms with Crippen LogP contribution in [-0.2, 0) is 21.4 Å². The molecule has 0 unspecified atom stereocenters. The van der Waals surface area contributed by atoms with Gasteiger partial charge in [0.2, 0.25) is 11.9 Å². The van der Waals surface area contributed by atoms with E-state index in [2.05, 4.69) is 46.5 Å². The second-order valence-corrected chi connectivity index (χ2v) is 21.6. The summed E-state index contributed by atoms with van der Waals surface area (Å²) in [6.07, 6.45) is 4.39. The Hall–Kier alpha value is -8.09. The van der Waals surface area contributed by atoms with E-state index in [1.165, 1.54) is 24.3 Å². The van der Waals surface area contributed by atoms with Gasteiger partial charge in [0.15, 0.2) is 9.84 Å². The molecule has 10 rings (SSSR count). The molecule has 0 aliphatic carbocycles. The molecule has 4 aromatic heterocycles. The summed E-state index contributed by atoms with van der Waals surface area (Å²) in [6.45, 7) is 5.98. The number of nitrogens with two attached hydrogens (primary N) is 2. The van der Waals surface area contributed by atoms with Crippen molar-refractivity contribution in [3.05, 3.63) is 222 Å². The number of para-hydroxylation sites is 2. The average molecular weight is 1220 g/mol. The van der Waals surface area contributed by atoms with Gasteiger partial charge in [-0.15, -0.1) is 0 Å². The van der Waals surface area contributed by atoms with Crippen LogP contribution in [0.1, 0.15) is 42.9 Å². The van der Waals surface area contributed by atoms with Gasteiger partial charge in [0.05, 0.1) is 42.3 Å². The van der Waals surface area contributed by atoms with E-state index in [-0.39, 0.29) is 45.5 Å². The zero-order chi connectivity index (χ0) is 57.8. The number of halogens is 3. The molecular weight excluding hydrogens is 1170 g/mol. The largest absolute Gasteiger partial charge is 0.488 e. The maximum absolute atomic E-state index is 13.7. The Morgan fingerprint density at radius 1 is 0.637 bits per heavy atom. The van der Waals surface area contributed by atoms with Crippen molar-refractivity contribution in [3.63, 3.8) is 0 Å². The smallest absolute Gasteiger partial charge is 0.423 e. The van der Waals surface area contributed by atoms with Crippen molar-refractivity contribution in [2.45, 2.75) is 37.8 Å². The fraction of sp³-hybridized carbons (Fsp3) is 0.107. The van der Waals surface area contributed by atoms with Crippen molar-refractivity contribution in [3.8, 4) is 22.5 Å². The number of hydrogen-bond acceptors (Lipinski definition) is 16. The van der Waals surface area contributed by atoms with Gasteiger partial charge in [0.25, 0.3) is 11.1 Å². The van der Waals surface area contributed by atoms with Crippen LogP contribution in [0.4, 0.5) is 23.5 Å². The summed E-state index contributed by atoms with van der Waals surface area (Å²) in [5.41, 5.74) is 17.6. The second-order valence-electron chi connectivity index (χ2n) is 17.8. The number of benzene rings is 6. The number of nitrogens with zero attached hydrogens (tertiary/aromatic N) is 6. The molecule has 4 heterocycles. The van der Waals surface area contributed by atoms with Crippen LogP contribution in [-0.4, -0.2) is 69.3 Å². The highest BCUT2D eigenvalue weighted by Crippen LogP contribution is 2.33. The standard InChI is InChI=1S/C28H24ClN5O.C21H17BrClN5O.C7H9BO4S.O2S/c1-17-11-13-19(14-12-17)22-16-31-28(30)33-26(22)32-18(2)24-15-20-7-6-10-23(29)25(20)27(35)34(24)21-8-4-3-5-9-21;1-12(26-19-15(22)11-25-21(24)27-19)17-10-13-6-5-9-16(23)18(13)20(29)28(17)14-7-3-2-4-8-14;1-13(11,12)7-4-2-6(3-5-7)8(9)10;1-3-2/h3-16,18H,1-2H3,(H3,30,31,32,33);2-12H,1H3,(H3,24,25,26,27);2-5,9-10H,1H3;/t18-;12-;;/m00../s1. The highest BCUT2D eigenvalue weighted by atomic mass is 79.9. The molecule has 6 aromatic carbocycles. The summed E-state index contributed by atoms with van der Waals surface area (Å²) >= 11 is 15.5.